The molecule has 0 aliphatic carbocycles. The summed E-state index contributed by atoms with van der Waals surface area (Å²) >= 11 is 0. The molecule has 2 aliphatic heterocycles. The Morgan fingerprint density at radius 3 is 2.50 bits per heavy atom. The number of hydrogen-bond donors (Lipinski definition) is 0. The number of aromatic nitrogens is 2. The third kappa shape index (κ3) is 4.40. The van der Waals surface area contributed by atoms with Gasteiger partial charge in [0.15, 0.2) is 17.3 Å². The fourth-order valence-electron chi connectivity index (χ4n) is 4.55. The summed E-state index contributed by atoms with van der Waals surface area (Å²) in [5.41, 5.74) is 2.09. The molecule has 0 N–H and O–H groups in total. The average molecular weight is 439 g/mol. The van der Waals surface area contributed by atoms with E-state index in [1.165, 1.54) is 0 Å². The fraction of sp³-hybridized carbons (Fsp3) is 0.500. The number of nitrogens with zero attached hydrogens (tertiary/aromatic N) is 4. The molecular formula is C24H30N4O4. The first kappa shape index (κ1) is 22.0. The predicted molar refractivity (Wildman–Crippen MR) is 119 cm³/mol. The molecule has 0 unspecified atom stereocenters. The topological polar surface area (TPSA) is 84.9 Å². The molecule has 0 saturated carbocycles. The molecule has 1 aromatic carbocycles. The van der Waals surface area contributed by atoms with Crippen LogP contribution >= 0.6 is 0 Å². The van der Waals surface area contributed by atoms with E-state index in [1.54, 1.807) is 20.4 Å². The Kier molecular flexibility index (Phi) is 6.58. The largest absolute Gasteiger partial charge is 0.493 e. The fourth-order valence-corrected chi connectivity index (χ4v) is 4.55. The Labute approximate surface area is 188 Å². The second-order valence-electron chi connectivity index (χ2n) is 8.34. The lowest BCUT2D eigenvalue weighted by Gasteiger charge is -2.24. The molecule has 4 rings (SSSR count). The number of methoxy groups -OCH3 is 2. The molecule has 8 heteroatoms. The number of likely N-dealkylation sites (tertiary alicyclic amines) is 2. The smallest absolute Gasteiger partial charge is 0.257 e. The van der Waals surface area contributed by atoms with Gasteiger partial charge in [-0.1, -0.05) is 6.07 Å². The third-order valence-corrected chi connectivity index (χ3v) is 6.30. The Balaban J connectivity index is 1.49. The molecule has 0 radical (unpaired) electrons. The van der Waals surface area contributed by atoms with Gasteiger partial charge in [-0.3, -0.25) is 9.59 Å². The molecule has 0 spiro atoms. The number of carbonyl (C=O) groups is 2. The van der Waals surface area contributed by atoms with E-state index in [9.17, 15) is 9.59 Å². The number of rotatable bonds is 6. The van der Waals surface area contributed by atoms with Crippen LogP contribution in [0.4, 0.5) is 0 Å². The van der Waals surface area contributed by atoms with Crippen molar-refractivity contribution < 1.29 is 19.1 Å². The number of amides is 2. The summed E-state index contributed by atoms with van der Waals surface area (Å²) in [5.74, 6) is 1.87. The van der Waals surface area contributed by atoms with Crippen LogP contribution in [0.5, 0.6) is 11.5 Å². The SMILES string of the molecule is COc1ccc(CC(=O)N2CCC[C@@H]2c2ncc(C(=O)N3CCCC3)c(C)n2)cc1OC. The van der Waals surface area contributed by atoms with Gasteiger partial charge < -0.3 is 19.3 Å². The number of aryl methyl sites for hydroxylation is 1. The van der Waals surface area contributed by atoms with Crippen LogP contribution in [0.15, 0.2) is 24.4 Å². The van der Waals surface area contributed by atoms with Gasteiger partial charge in [0.1, 0.15) is 0 Å². The maximum absolute atomic E-state index is 13.1. The first-order valence-electron chi connectivity index (χ1n) is 11.1. The molecule has 2 amide bonds. The lowest BCUT2D eigenvalue weighted by atomic mass is 10.1. The lowest BCUT2D eigenvalue weighted by Crippen LogP contribution is -2.33. The number of ether oxygens (including phenoxy) is 2. The van der Waals surface area contributed by atoms with E-state index in [-0.39, 0.29) is 24.3 Å². The van der Waals surface area contributed by atoms with Crippen LogP contribution in [0.25, 0.3) is 0 Å². The van der Waals surface area contributed by atoms with Crippen molar-refractivity contribution in [2.45, 2.75) is 45.1 Å². The monoisotopic (exact) mass is 438 g/mol. The first-order valence-corrected chi connectivity index (χ1v) is 11.1. The van der Waals surface area contributed by atoms with Crippen LogP contribution in [0.1, 0.15) is 59.2 Å². The van der Waals surface area contributed by atoms with E-state index < -0.39 is 0 Å². The molecule has 170 valence electrons. The molecule has 1 atom stereocenters. The first-order chi connectivity index (χ1) is 15.5. The number of benzene rings is 1. The highest BCUT2D eigenvalue weighted by molar-refractivity contribution is 5.95. The van der Waals surface area contributed by atoms with Crippen LogP contribution < -0.4 is 9.47 Å². The summed E-state index contributed by atoms with van der Waals surface area (Å²) in [6, 6.07) is 5.36. The van der Waals surface area contributed by atoms with Gasteiger partial charge in [-0.25, -0.2) is 9.97 Å². The zero-order valence-electron chi connectivity index (χ0n) is 19.0. The summed E-state index contributed by atoms with van der Waals surface area (Å²) in [5, 5.41) is 0. The molecule has 2 aromatic rings. The average Bonchev–Trinajstić information content (AvgIpc) is 3.51. The van der Waals surface area contributed by atoms with Crippen LogP contribution in [0.2, 0.25) is 0 Å². The van der Waals surface area contributed by atoms with Gasteiger partial charge in [-0.05, 0) is 50.3 Å². The van der Waals surface area contributed by atoms with Crippen molar-refractivity contribution in [3.63, 3.8) is 0 Å². The highest BCUT2D eigenvalue weighted by Crippen LogP contribution is 2.32. The maximum atomic E-state index is 13.1. The van der Waals surface area contributed by atoms with E-state index >= 15 is 0 Å². The minimum absolute atomic E-state index is 0.000595. The number of hydrogen-bond acceptors (Lipinski definition) is 6. The van der Waals surface area contributed by atoms with Gasteiger partial charge in [0.25, 0.3) is 5.91 Å². The van der Waals surface area contributed by atoms with Crippen molar-refractivity contribution in [1.82, 2.24) is 19.8 Å². The predicted octanol–water partition coefficient (Wildman–Crippen LogP) is 2.94. The van der Waals surface area contributed by atoms with Gasteiger partial charge in [-0.2, -0.15) is 0 Å². The van der Waals surface area contributed by atoms with E-state index in [0.29, 0.717) is 35.1 Å². The molecule has 1 aromatic heterocycles. The Hall–Kier alpha value is -3.16. The van der Waals surface area contributed by atoms with Crippen molar-refractivity contribution in [3.8, 4) is 11.5 Å². The van der Waals surface area contributed by atoms with Gasteiger partial charge >= 0.3 is 0 Å². The Morgan fingerprint density at radius 2 is 1.81 bits per heavy atom. The van der Waals surface area contributed by atoms with Gasteiger partial charge in [0.05, 0.1) is 37.9 Å². The van der Waals surface area contributed by atoms with E-state index in [1.807, 2.05) is 34.9 Å². The summed E-state index contributed by atoms with van der Waals surface area (Å²) in [4.78, 5) is 38.7. The second-order valence-corrected chi connectivity index (χ2v) is 8.34. The molecule has 2 aliphatic rings. The summed E-state index contributed by atoms with van der Waals surface area (Å²) < 4.78 is 10.6. The lowest BCUT2D eigenvalue weighted by molar-refractivity contribution is -0.131. The van der Waals surface area contributed by atoms with Gasteiger partial charge in [-0.15, -0.1) is 0 Å². The minimum atomic E-state index is -0.169. The van der Waals surface area contributed by atoms with Crippen LogP contribution in [-0.2, 0) is 11.2 Å². The standard InChI is InChI=1S/C24H30N4O4/c1-16-18(24(30)27-10-4-5-11-27)15-25-23(26-16)19-7-6-12-28(19)22(29)14-17-8-9-20(31-2)21(13-17)32-3/h8-9,13,15,19H,4-7,10-12,14H2,1-3H3/t19-/m1/s1. The summed E-state index contributed by atoms with van der Waals surface area (Å²) in [7, 11) is 3.17. The third-order valence-electron chi connectivity index (χ3n) is 6.30. The molecular weight excluding hydrogens is 408 g/mol. The Morgan fingerprint density at radius 1 is 1.06 bits per heavy atom. The van der Waals surface area contributed by atoms with Crippen LogP contribution in [-0.4, -0.2) is 65.4 Å². The number of carbonyl (C=O) groups excluding carboxylic acids is 2. The van der Waals surface area contributed by atoms with Gasteiger partial charge in [0, 0.05) is 25.8 Å². The summed E-state index contributed by atoms with van der Waals surface area (Å²) in [6.45, 7) is 4.11. The van der Waals surface area contributed by atoms with Crippen molar-refractivity contribution >= 4 is 11.8 Å². The van der Waals surface area contributed by atoms with Crippen molar-refractivity contribution in [1.29, 1.82) is 0 Å². The van der Waals surface area contributed by atoms with Crippen molar-refractivity contribution in [3.05, 3.63) is 47.0 Å². The van der Waals surface area contributed by atoms with Crippen LogP contribution in [0, 0.1) is 6.92 Å². The van der Waals surface area contributed by atoms with Gasteiger partial charge in [0.2, 0.25) is 5.91 Å². The zero-order chi connectivity index (χ0) is 22.7. The normalized spacial score (nSPS) is 18.2. The second kappa shape index (κ2) is 9.54. The van der Waals surface area contributed by atoms with Crippen molar-refractivity contribution in [2.24, 2.45) is 0 Å². The highest BCUT2D eigenvalue weighted by Gasteiger charge is 2.33. The maximum Gasteiger partial charge on any atom is 0.257 e. The highest BCUT2D eigenvalue weighted by atomic mass is 16.5. The van der Waals surface area contributed by atoms with Crippen LogP contribution in [0.3, 0.4) is 0 Å². The van der Waals surface area contributed by atoms with Crippen molar-refractivity contribution in [2.75, 3.05) is 33.9 Å². The molecule has 8 nitrogen and oxygen atoms in total. The van der Waals surface area contributed by atoms with E-state index in [0.717, 1.165) is 44.3 Å². The Bertz CT molecular complexity index is 1000. The molecule has 0 bridgehead atoms. The molecule has 2 saturated heterocycles. The zero-order valence-corrected chi connectivity index (χ0v) is 19.0. The minimum Gasteiger partial charge on any atom is -0.493 e. The van der Waals surface area contributed by atoms with E-state index in [4.69, 9.17) is 9.47 Å². The summed E-state index contributed by atoms with van der Waals surface area (Å²) in [6.07, 6.45) is 5.70. The molecule has 2 fully saturated rings. The van der Waals surface area contributed by atoms with E-state index in [2.05, 4.69) is 9.97 Å². The molecule has 32 heavy (non-hydrogen) atoms. The quantitative estimate of drug-likeness (QED) is 0.689. The molecule has 3 heterocycles.